The van der Waals surface area contributed by atoms with Crippen molar-refractivity contribution in [3.05, 3.63) is 21.8 Å². The van der Waals surface area contributed by atoms with Gasteiger partial charge in [0.15, 0.2) is 0 Å². The highest BCUT2D eigenvalue weighted by Crippen LogP contribution is 2.33. The van der Waals surface area contributed by atoms with Crippen LogP contribution >= 0.6 is 67.8 Å². The van der Waals surface area contributed by atoms with E-state index in [9.17, 15) is 8.42 Å². The topological polar surface area (TPSA) is 54.4 Å². The molecule has 3 nitrogen and oxygen atoms in total. The van der Waals surface area contributed by atoms with Crippen molar-refractivity contribution in [3.63, 3.8) is 0 Å². The fourth-order valence-electron chi connectivity index (χ4n) is 1.14. The van der Waals surface area contributed by atoms with Gasteiger partial charge in [-0.15, -0.1) is 0 Å². The molecule has 7 heteroatoms. The number of rotatable bonds is 1. The maximum Gasteiger partial charge on any atom is 0.296 e. The molecule has 15 heavy (non-hydrogen) atoms. The summed E-state index contributed by atoms with van der Waals surface area (Å²) in [5.41, 5.74) is 1.78. The third-order valence-electron chi connectivity index (χ3n) is 1.97. The minimum Gasteiger partial charge on any atom is -0.282 e. The fourth-order valence-corrected chi connectivity index (χ4v) is 6.73. The van der Waals surface area contributed by atoms with Gasteiger partial charge < -0.3 is 0 Å². The first kappa shape index (κ1) is 14.4. The minimum absolute atomic E-state index is 0.0270. The SMILES string of the molecule is Cc1c(I)c(C)c(I)c(S(=O)(=O)O)c1I. The van der Waals surface area contributed by atoms with Crippen LogP contribution in [0, 0.1) is 24.6 Å². The summed E-state index contributed by atoms with van der Waals surface area (Å²) >= 11 is 6.08. The van der Waals surface area contributed by atoms with Gasteiger partial charge in [-0.1, -0.05) is 0 Å². The first-order chi connectivity index (χ1) is 6.68. The molecule has 0 aliphatic rings. The predicted molar refractivity (Wildman–Crippen MR) is 83.9 cm³/mol. The molecule has 0 aromatic heterocycles. The van der Waals surface area contributed by atoms with Gasteiger partial charge in [-0.25, -0.2) is 0 Å². The van der Waals surface area contributed by atoms with Crippen LogP contribution in [0.15, 0.2) is 4.90 Å². The summed E-state index contributed by atoms with van der Waals surface area (Å²) in [5.74, 6) is 0. The normalized spacial score (nSPS) is 11.9. The third kappa shape index (κ3) is 2.77. The number of hydrogen-bond acceptors (Lipinski definition) is 2. The van der Waals surface area contributed by atoms with Crippen LogP contribution in [-0.4, -0.2) is 13.0 Å². The van der Waals surface area contributed by atoms with E-state index in [0.717, 1.165) is 14.7 Å². The molecule has 0 saturated heterocycles. The van der Waals surface area contributed by atoms with Crippen molar-refractivity contribution in [3.8, 4) is 0 Å². The summed E-state index contributed by atoms with van der Waals surface area (Å²) in [7, 11) is -4.14. The van der Waals surface area contributed by atoms with E-state index in [4.69, 9.17) is 4.55 Å². The highest BCUT2D eigenvalue weighted by molar-refractivity contribution is 14.1. The number of benzene rings is 1. The van der Waals surface area contributed by atoms with Crippen LogP contribution in [0.2, 0.25) is 0 Å². The third-order valence-corrected chi connectivity index (χ3v) is 7.94. The zero-order valence-corrected chi connectivity index (χ0v) is 15.1. The monoisotopic (exact) mass is 564 g/mol. The molecule has 0 heterocycles. The second-order valence-electron chi connectivity index (χ2n) is 3.00. The van der Waals surface area contributed by atoms with Gasteiger partial charge in [0.05, 0.1) is 0 Å². The van der Waals surface area contributed by atoms with Crippen LogP contribution in [0.1, 0.15) is 11.1 Å². The zero-order chi connectivity index (χ0) is 12.0. The lowest BCUT2D eigenvalue weighted by molar-refractivity contribution is 0.481. The molecule has 0 saturated carbocycles. The fraction of sp³-hybridized carbons (Fsp3) is 0.250. The minimum atomic E-state index is -4.14. The van der Waals surface area contributed by atoms with E-state index >= 15 is 0 Å². The average Bonchev–Trinajstić information content (AvgIpc) is 2.09. The maximum absolute atomic E-state index is 11.2. The molecule has 0 unspecified atom stereocenters. The molecular weight excluding hydrogens is 557 g/mol. The van der Waals surface area contributed by atoms with E-state index in [-0.39, 0.29) is 4.90 Å². The molecule has 0 atom stereocenters. The van der Waals surface area contributed by atoms with Gasteiger partial charge in [0.1, 0.15) is 4.90 Å². The average molecular weight is 564 g/mol. The van der Waals surface area contributed by atoms with Crippen LogP contribution in [0.5, 0.6) is 0 Å². The summed E-state index contributed by atoms with van der Waals surface area (Å²) < 4.78 is 33.8. The van der Waals surface area contributed by atoms with Crippen LogP contribution in [-0.2, 0) is 10.1 Å². The van der Waals surface area contributed by atoms with E-state index in [1.165, 1.54) is 0 Å². The van der Waals surface area contributed by atoms with Gasteiger partial charge in [0.2, 0.25) is 0 Å². The Balaban J connectivity index is 3.84. The number of halogens is 3. The van der Waals surface area contributed by atoms with Crippen molar-refractivity contribution < 1.29 is 13.0 Å². The lowest BCUT2D eigenvalue weighted by Gasteiger charge is -2.13. The molecular formula is C8H7I3O3S. The van der Waals surface area contributed by atoms with Gasteiger partial charge >= 0.3 is 0 Å². The van der Waals surface area contributed by atoms with Gasteiger partial charge in [0, 0.05) is 10.7 Å². The second kappa shape index (κ2) is 4.90. The molecule has 1 aromatic carbocycles. The van der Waals surface area contributed by atoms with E-state index in [0.29, 0.717) is 7.14 Å². The van der Waals surface area contributed by atoms with Gasteiger partial charge in [-0.3, -0.25) is 4.55 Å². The molecule has 0 aliphatic heterocycles. The van der Waals surface area contributed by atoms with Crippen molar-refractivity contribution in [1.82, 2.24) is 0 Å². The van der Waals surface area contributed by atoms with E-state index in [2.05, 4.69) is 22.6 Å². The molecule has 0 bridgehead atoms. The Morgan fingerprint density at radius 1 is 0.933 bits per heavy atom. The summed E-state index contributed by atoms with van der Waals surface area (Å²) in [6.45, 7) is 3.70. The van der Waals surface area contributed by atoms with Crippen LogP contribution in [0.4, 0.5) is 0 Å². The van der Waals surface area contributed by atoms with Crippen LogP contribution in [0.3, 0.4) is 0 Å². The predicted octanol–water partition coefficient (Wildman–Crippen LogP) is 3.36. The highest BCUT2D eigenvalue weighted by atomic mass is 127. The Hall–Kier alpha value is 1.32. The molecule has 84 valence electrons. The Morgan fingerprint density at radius 2 is 1.27 bits per heavy atom. The summed E-state index contributed by atoms with van der Waals surface area (Å²) in [5, 5.41) is 0. The molecule has 0 aliphatic carbocycles. The van der Waals surface area contributed by atoms with Crippen molar-refractivity contribution >= 4 is 77.9 Å². The smallest absolute Gasteiger partial charge is 0.282 e. The van der Waals surface area contributed by atoms with Gasteiger partial charge in [-0.2, -0.15) is 8.42 Å². The highest BCUT2D eigenvalue weighted by Gasteiger charge is 2.23. The summed E-state index contributed by atoms with van der Waals surface area (Å²) in [6.07, 6.45) is 0. The summed E-state index contributed by atoms with van der Waals surface area (Å²) in [6, 6.07) is 0. The molecule has 1 N–H and O–H groups in total. The molecule has 0 spiro atoms. The Kier molecular flexibility index (Phi) is 4.70. The summed E-state index contributed by atoms with van der Waals surface area (Å²) in [4.78, 5) is 0.0270. The standard InChI is InChI=1S/C8H7I3O3S/c1-3-5(9)4(2)7(11)8(6(3)10)15(12,13)14/h1-2H3,(H,12,13,14). The Morgan fingerprint density at radius 3 is 1.53 bits per heavy atom. The number of hydrogen-bond donors (Lipinski definition) is 1. The molecule has 0 amide bonds. The largest absolute Gasteiger partial charge is 0.296 e. The Labute approximate surface area is 130 Å². The van der Waals surface area contributed by atoms with Gasteiger partial charge in [-0.05, 0) is 92.7 Å². The lowest BCUT2D eigenvalue weighted by atomic mass is 10.2. The van der Waals surface area contributed by atoms with E-state index in [1.807, 2.05) is 59.0 Å². The maximum atomic E-state index is 11.2. The molecule has 0 fully saturated rings. The van der Waals surface area contributed by atoms with Crippen LogP contribution in [0.25, 0.3) is 0 Å². The van der Waals surface area contributed by atoms with Crippen molar-refractivity contribution in [1.29, 1.82) is 0 Å². The lowest BCUT2D eigenvalue weighted by Crippen LogP contribution is -2.08. The quantitative estimate of drug-likeness (QED) is 0.421. The van der Waals surface area contributed by atoms with Crippen molar-refractivity contribution in [2.75, 3.05) is 0 Å². The first-order valence-corrected chi connectivity index (χ1v) is 8.46. The second-order valence-corrected chi connectivity index (χ2v) is 7.59. The Bertz CT molecular complexity index is 493. The molecule has 1 aromatic rings. The van der Waals surface area contributed by atoms with Crippen LogP contribution < -0.4 is 0 Å². The van der Waals surface area contributed by atoms with E-state index in [1.54, 1.807) is 0 Å². The van der Waals surface area contributed by atoms with Crippen molar-refractivity contribution in [2.24, 2.45) is 0 Å². The van der Waals surface area contributed by atoms with Gasteiger partial charge in [0.25, 0.3) is 10.1 Å². The van der Waals surface area contributed by atoms with Crippen molar-refractivity contribution in [2.45, 2.75) is 18.7 Å². The van der Waals surface area contributed by atoms with E-state index < -0.39 is 10.1 Å². The molecule has 0 radical (unpaired) electrons. The first-order valence-electron chi connectivity index (χ1n) is 3.79. The zero-order valence-electron chi connectivity index (χ0n) is 7.81. The molecule has 1 rings (SSSR count).